The third-order valence-corrected chi connectivity index (χ3v) is 3.39. The van der Waals surface area contributed by atoms with Gasteiger partial charge in [-0.2, -0.15) is 5.10 Å². The van der Waals surface area contributed by atoms with Crippen molar-refractivity contribution in [2.24, 2.45) is 0 Å². The Kier molecular flexibility index (Phi) is 2.31. The topological polar surface area (TPSA) is 43.3 Å². The molecule has 98 valence electrons. The van der Waals surface area contributed by atoms with Gasteiger partial charge in [0, 0.05) is 17.8 Å². The summed E-state index contributed by atoms with van der Waals surface area (Å²) in [5, 5.41) is 5.23. The zero-order chi connectivity index (χ0) is 13.7. The summed E-state index contributed by atoms with van der Waals surface area (Å²) in [6.45, 7) is 0. The van der Waals surface area contributed by atoms with Crippen LogP contribution in [0, 0.1) is 5.82 Å². The highest BCUT2D eigenvalue weighted by Gasteiger charge is 2.15. The molecular weight excluding hydrogens is 281 g/mol. The Balaban J connectivity index is 2.05. The molecule has 0 unspecified atom stereocenters. The number of rotatable bonds is 1. The van der Waals surface area contributed by atoms with Crippen LogP contribution in [0.3, 0.4) is 0 Å². The van der Waals surface area contributed by atoms with Crippen molar-refractivity contribution in [3.8, 4) is 11.3 Å². The average Bonchev–Trinajstić information content (AvgIpc) is 3.03. The molecule has 0 aliphatic heterocycles. The molecule has 0 bridgehead atoms. The van der Waals surface area contributed by atoms with Crippen molar-refractivity contribution in [2.75, 3.05) is 0 Å². The third kappa shape index (κ3) is 1.60. The van der Waals surface area contributed by atoms with Crippen LogP contribution in [0.25, 0.3) is 27.9 Å². The standard InChI is InChI=1S/C14H7ClFN3O/c15-10-7-18-19-4-3-17-14(19)13(10)12-6-8-5-9(16)1-2-11(8)20-12/h1-7H. The summed E-state index contributed by atoms with van der Waals surface area (Å²) in [5.41, 5.74) is 1.83. The Morgan fingerprint density at radius 2 is 2.15 bits per heavy atom. The number of aromatic nitrogens is 3. The summed E-state index contributed by atoms with van der Waals surface area (Å²) in [4.78, 5) is 4.23. The Labute approximate surface area is 117 Å². The molecule has 1 aromatic carbocycles. The first kappa shape index (κ1) is 11.4. The molecule has 0 amide bonds. The zero-order valence-corrected chi connectivity index (χ0v) is 10.8. The Morgan fingerprint density at radius 1 is 1.25 bits per heavy atom. The molecule has 0 radical (unpaired) electrons. The molecule has 4 rings (SSSR count). The van der Waals surface area contributed by atoms with Gasteiger partial charge in [0.2, 0.25) is 0 Å². The maximum Gasteiger partial charge on any atom is 0.166 e. The van der Waals surface area contributed by atoms with Gasteiger partial charge in [-0.1, -0.05) is 11.6 Å². The van der Waals surface area contributed by atoms with Crippen LogP contribution in [0.15, 0.2) is 47.3 Å². The quantitative estimate of drug-likeness (QED) is 0.533. The van der Waals surface area contributed by atoms with E-state index in [1.54, 1.807) is 29.0 Å². The van der Waals surface area contributed by atoms with E-state index in [0.29, 0.717) is 33.0 Å². The lowest BCUT2D eigenvalue weighted by molar-refractivity contribution is 0.619. The van der Waals surface area contributed by atoms with E-state index in [0.717, 1.165) is 0 Å². The lowest BCUT2D eigenvalue weighted by atomic mass is 10.2. The van der Waals surface area contributed by atoms with Crippen LogP contribution < -0.4 is 0 Å². The van der Waals surface area contributed by atoms with E-state index in [4.69, 9.17) is 16.0 Å². The molecule has 0 fully saturated rings. The number of furan rings is 1. The fourth-order valence-corrected chi connectivity index (χ4v) is 2.44. The van der Waals surface area contributed by atoms with Crippen molar-refractivity contribution in [1.29, 1.82) is 0 Å². The van der Waals surface area contributed by atoms with Crippen molar-refractivity contribution in [1.82, 2.24) is 14.6 Å². The lowest BCUT2D eigenvalue weighted by Crippen LogP contribution is -1.92. The van der Waals surface area contributed by atoms with E-state index in [1.165, 1.54) is 18.3 Å². The molecule has 3 aromatic heterocycles. The van der Waals surface area contributed by atoms with Crippen LogP contribution >= 0.6 is 11.6 Å². The molecule has 4 aromatic rings. The largest absolute Gasteiger partial charge is 0.456 e. The number of hydrogen-bond donors (Lipinski definition) is 0. The van der Waals surface area contributed by atoms with Gasteiger partial charge in [-0.05, 0) is 24.3 Å². The molecule has 20 heavy (non-hydrogen) atoms. The van der Waals surface area contributed by atoms with Crippen LogP contribution in [0.4, 0.5) is 4.39 Å². The minimum atomic E-state index is -0.309. The molecule has 0 N–H and O–H groups in total. The Bertz CT molecular complexity index is 944. The van der Waals surface area contributed by atoms with E-state index in [9.17, 15) is 4.39 Å². The second-order valence-corrected chi connectivity index (χ2v) is 4.76. The molecule has 0 atom stereocenters. The van der Waals surface area contributed by atoms with Crippen LogP contribution in [0.2, 0.25) is 5.02 Å². The van der Waals surface area contributed by atoms with Gasteiger partial charge >= 0.3 is 0 Å². The van der Waals surface area contributed by atoms with Crippen molar-refractivity contribution < 1.29 is 8.81 Å². The number of imidazole rings is 1. The molecule has 3 heterocycles. The highest BCUT2D eigenvalue weighted by Crippen LogP contribution is 2.34. The molecule has 0 aliphatic rings. The third-order valence-electron chi connectivity index (χ3n) is 3.10. The molecule has 6 heteroatoms. The Morgan fingerprint density at radius 3 is 3.05 bits per heavy atom. The zero-order valence-electron chi connectivity index (χ0n) is 10.0. The number of hydrogen-bond acceptors (Lipinski definition) is 3. The summed E-state index contributed by atoms with van der Waals surface area (Å²) >= 11 is 6.20. The predicted octanol–water partition coefficient (Wildman–Crippen LogP) is 3.94. The smallest absolute Gasteiger partial charge is 0.166 e. The van der Waals surface area contributed by atoms with Crippen LogP contribution in [-0.2, 0) is 0 Å². The van der Waals surface area contributed by atoms with Crippen molar-refractivity contribution in [3.05, 3.63) is 53.7 Å². The fraction of sp³-hybridized carbons (Fsp3) is 0. The summed E-state index contributed by atoms with van der Waals surface area (Å²) in [6, 6.07) is 6.11. The van der Waals surface area contributed by atoms with Crippen LogP contribution in [-0.4, -0.2) is 14.6 Å². The molecule has 0 saturated heterocycles. The monoisotopic (exact) mass is 287 g/mol. The summed E-state index contributed by atoms with van der Waals surface area (Å²) in [5.74, 6) is 0.228. The highest BCUT2D eigenvalue weighted by atomic mass is 35.5. The normalized spacial score (nSPS) is 11.5. The predicted molar refractivity (Wildman–Crippen MR) is 73.2 cm³/mol. The first-order valence-electron chi connectivity index (χ1n) is 5.90. The number of fused-ring (bicyclic) bond motifs is 2. The van der Waals surface area contributed by atoms with Crippen LogP contribution in [0.1, 0.15) is 0 Å². The van der Waals surface area contributed by atoms with E-state index < -0.39 is 0 Å². The van der Waals surface area contributed by atoms with Gasteiger partial charge in [0.15, 0.2) is 5.65 Å². The minimum Gasteiger partial charge on any atom is -0.456 e. The average molecular weight is 288 g/mol. The van der Waals surface area contributed by atoms with Crippen LogP contribution in [0.5, 0.6) is 0 Å². The van der Waals surface area contributed by atoms with Gasteiger partial charge in [0.05, 0.1) is 16.8 Å². The van der Waals surface area contributed by atoms with Crippen molar-refractivity contribution >= 4 is 28.2 Å². The van der Waals surface area contributed by atoms with Gasteiger partial charge in [-0.3, -0.25) is 0 Å². The van der Waals surface area contributed by atoms with E-state index >= 15 is 0 Å². The first-order valence-corrected chi connectivity index (χ1v) is 6.27. The van der Waals surface area contributed by atoms with E-state index in [1.807, 2.05) is 0 Å². The second kappa shape index (κ2) is 4.05. The van der Waals surface area contributed by atoms with E-state index in [2.05, 4.69) is 10.1 Å². The molecule has 0 spiro atoms. The van der Waals surface area contributed by atoms with Gasteiger partial charge in [0.1, 0.15) is 17.2 Å². The van der Waals surface area contributed by atoms with Crippen molar-refractivity contribution in [2.45, 2.75) is 0 Å². The van der Waals surface area contributed by atoms with Gasteiger partial charge in [-0.25, -0.2) is 13.9 Å². The molecular formula is C14H7ClFN3O. The molecule has 0 aliphatic carbocycles. The summed E-state index contributed by atoms with van der Waals surface area (Å²) < 4.78 is 20.6. The number of halogens is 2. The highest BCUT2D eigenvalue weighted by molar-refractivity contribution is 6.33. The Hall–Kier alpha value is -2.40. The van der Waals surface area contributed by atoms with E-state index in [-0.39, 0.29) is 5.82 Å². The molecule has 0 saturated carbocycles. The van der Waals surface area contributed by atoms with Crippen molar-refractivity contribution in [3.63, 3.8) is 0 Å². The first-order chi connectivity index (χ1) is 9.72. The van der Waals surface area contributed by atoms with Gasteiger partial charge in [0.25, 0.3) is 0 Å². The minimum absolute atomic E-state index is 0.309. The maximum absolute atomic E-state index is 13.2. The fourth-order valence-electron chi connectivity index (χ4n) is 2.22. The summed E-state index contributed by atoms with van der Waals surface area (Å²) in [7, 11) is 0. The summed E-state index contributed by atoms with van der Waals surface area (Å²) in [6.07, 6.45) is 4.88. The van der Waals surface area contributed by atoms with Gasteiger partial charge < -0.3 is 4.42 Å². The SMILES string of the molecule is Fc1ccc2oc(-c3c(Cl)cnn4ccnc34)cc2c1. The maximum atomic E-state index is 13.2. The lowest BCUT2D eigenvalue weighted by Gasteiger charge is -2.02. The number of nitrogens with zero attached hydrogens (tertiary/aromatic N) is 3. The molecule has 4 nitrogen and oxygen atoms in total. The second-order valence-electron chi connectivity index (χ2n) is 4.36. The number of benzene rings is 1. The van der Waals surface area contributed by atoms with Gasteiger partial charge in [-0.15, -0.1) is 0 Å².